The molecule has 2 aromatic heterocycles. The Morgan fingerprint density at radius 2 is 2.22 bits per heavy atom. The monoisotopic (exact) mass is 331 g/mol. The van der Waals surface area contributed by atoms with Gasteiger partial charge in [-0.05, 0) is 37.6 Å². The summed E-state index contributed by atoms with van der Waals surface area (Å²) in [4.78, 5) is 15.6. The molecule has 0 spiro atoms. The molecule has 0 aliphatic rings. The van der Waals surface area contributed by atoms with Gasteiger partial charge >= 0.3 is 0 Å². The summed E-state index contributed by atoms with van der Waals surface area (Å²) >= 11 is 1.35. The number of amides is 1. The van der Waals surface area contributed by atoms with Crippen LogP contribution in [0.3, 0.4) is 0 Å². The number of H-pyrrole nitrogens is 1. The Balaban J connectivity index is 2.19. The lowest BCUT2D eigenvalue weighted by Crippen LogP contribution is -2.26. The van der Waals surface area contributed by atoms with E-state index in [1.807, 2.05) is 26.8 Å². The molecular weight excluding hydrogens is 312 g/mol. The molecule has 1 amide bonds. The summed E-state index contributed by atoms with van der Waals surface area (Å²) < 4.78 is 4.94. The third-order valence-electron chi connectivity index (χ3n) is 3.28. The van der Waals surface area contributed by atoms with Crippen LogP contribution in [0, 0.1) is 32.1 Å². The van der Waals surface area contributed by atoms with E-state index < -0.39 is 0 Å². The Labute approximate surface area is 139 Å². The number of carbonyl (C=O) groups excluding carboxylic acids is 1. The first-order chi connectivity index (χ1) is 10.9. The number of carbonyl (C=O) groups is 1. The summed E-state index contributed by atoms with van der Waals surface area (Å²) in [6.45, 7) is 7.51. The van der Waals surface area contributed by atoms with Gasteiger partial charge in [0.15, 0.2) is 11.5 Å². The highest BCUT2D eigenvalue weighted by atomic mass is 32.2. The molecule has 7 heteroatoms. The van der Waals surface area contributed by atoms with Gasteiger partial charge < -0.3 is 9.84 Å². The molecule has 0 aromatic carbocycles. The Morgan fingerprint density at radius 1 is 1.48 bits per heavy atom. The van der Waals surface area contributed by atoms with Crippen LogP contribution >= 0.6 is 11.8 Å². The lowest BCUT2D eigenvalue weighted by atomic mass is 10.1. The van der Waals surface area contributed by atoms with Gasteiger partial charge in [-0.3, -0.25) is 4.79 Å². The predicted octanol–water partition coefficient (Wildman–Crippen LogP) is 2.80. The lowest BCUT2D eigenvalue weighted by molar-refractivity contribution is -0.435. The van der Waals surface area contributed by atoms with Crippen LogP contribution in [-0.2, 0) is 4.79 Å². The van der Waals surface area contributed by atoms with Gasteiger partial charge in [-0.25, -0.2) is 4.98 Å². The molecule has 0 aliphatic heterocycles. The quantitative estimate of drug-likeness (QED) is 0.850. The maximum absolute atomic E-state index is 12.4. The third-order valence-corrected chi connectivity index (χ3v) is 4.65. The molecule has 1 unspecified atom stereocenters. The zero-order valence-corrected chi connectivity index (χ0v) is 14.4. The molecule has 1 atom stereocenters. The molecular formula is C16H19N4O2S+. The van der Waals surface area contributed by atoms with Crippen LogP contribution in [0.25, 0.3) is 0 Å². The first-order valence-electron chi connectivity index (χ1n) is 7.29. The number of hydrogen-bond acceptors (Lipinski definition) is 5. The summed E-state index contributed by atoms with van der Waals surface area (Å²) in [5.74, 6) is 0.870. The molecule has 2 aromatic rings. The van der Waals surface area contributed by atoms with E-state index in [1.54, 1.807) is 13.0 Å². The molecule has 0 fully saturated rings. The summed E-state index contributed by atoms with van der Waals surface area (Å²) in [5, 5.41) is 16.2. The third kappa shape index (κ3) is 4.11. The molecule has 23 heavy (non-hydrogen) atoms. The number of rotatable bonds is 5. The number of pyridine rings is 1. The Kier molecular flexibility index (Phi) is 5.40. The number of nitrogens with one attached hydrogen (secondary N) is 2. The van der Waals surface area contributed by atoms with E-state index in [0.29, 0.717) is 28.6 Å². The van der Waals surface area contributed by atoms with Crippen molar-refractivity contribution in [3.63, 3.8) is 0 Å². The first kappa shape index (κ1) is 17.0. The van der Waals surface area contributed by atoms with Crippen LogP contribution < -0.4 is 10.3 Å². The van der Waals surface area contributed by atoms with Gasteiger partial charge in [0.05, 0.1) is 5.25 Å². The van der Waals surface area contributed by atoms with Crippen molar-refractivity contribution < 1.29 is 14.3 Å². The molecule has 0 radical (unpaired) electrons. The number of aromatic nitrogens is 2. The molecule has 0 saturated carbocycles. The average Bonchev–Trinajstić information content (AvgIpc) is 2.89. The van der Waals surface area contributed by atoms with Gasteiger partial charge in [0, 0.05) is 19.1 Å². The zero-order chi connectivity index (χ0) is 17.0. The smallest absolute Gasteiger partial charge is 0.257 e. The molecule has 2 N–H and O–H groups in total. The maximum Gasteiger partial charge on any atom is 0.257 e. The van der Waals surface area contributed by atoms with Crippen LogP contribution in [0.1, 0.15) is 35.9 Å². The number of hydrogen-bond donors (Lipinski definition) is 1. The molecule has 2 heterocycles. The highest BCUT2D eigenvalue weighted by Crippen LogP contribution is 2.27. The van der Waals surface area contributed by atoms with Crippen molar-refractivity contribution in [1.29, 1.82) is 5.26 Å². The Hall–Kier alpha value is -2.33. The van der Waals surface area contributed by atoms with Crippen molar-refractivity contribution in [1.82, 2.24) is 5.16 Å². The van der Waals surface area contributed by atoms with Crippen LogP contribution in [0.15, 0.2) is 21.7 Å². The highest BCUT2D eigenvalue weighted by molar-refractivity contribution is 8.00. The van der Waals surface area contributed by atoms with Crippen LogP contribution in [-0.4, -0.2) is 16.3 Å². The number of nitriles is 1. The molecule has 0 bridgehead atoms. The van der Waals surface area contributed by atoms with Crippen molar-refractivity contribution in [2.45, 2.75) is 44.4 Å². The van der Waals surface area contributed by atoms with E-state index in [-0.39, 0.29) is 11.2 Å². The van der Waals surface area contributed by atoms with Crippen molar-refractivity contribution in [2.75, 3.05) is 5.32 Å². The van der Waals surface area contributed by atoms with E-state index in [2.05, 4.69) is 21.5 Å². The number of anilines is 1. The first-order valence-corrected chi connectivity index (χ1v) is 8.17. The van der Waals surface area contributed by atoms with Crippen LogP contribution in [0.2, 0.25) is 0 Å². The minimum absolute atomic E-state index is 0.165. The minimum Gasteiger partial charge on any atom is -0.360 e. The maximum atomic E-state index is 12.4. The summed E-state index contributed by atoms with van der Waals surface area (Å²) in [6, 6.07) is 5.79. The van der Waals surface area contributed by atoms with Crippen molar-refractivity contribution >= 4 is 23.5 Å². The SMILES string of the molecule is CCC(Sc1[nH+]c(C)cc(C)c1C#N)C(=O)Nc1cc(C)on1. The van der Waals surface area contributed by atoms with Crippen LogP contribution in [0.4, 0.5) is 5.82 Å². The number of nitrogens with zero attached hydrogens (tertiary/aromatic N) is 2. The van der Waals surface area contributed by atoms with Gasteiger partial charge in [0.25, 0.3) is 5.03 Å². The van der Waals surface area contributed by atoms with Crippen molar-refractivity contribution in [3.8, 4) is 6.07 Å². The van der Waals surface area contributed by atoms with E-state index in [1.165, 1.54) is 11.8 Å². The van der Waals surface area contributed by atoms with Crippen molar-refractivity contribution in [3.05, 3.63) is 34.7 Å². The van der Waals surface area contributed by atoms with Gasteiger partial charge in [-0.15, -0.1) is 0 Å². The summed E-state index contributed by atoms with van der Waals surface area (Å²) in [7, 11) is 0. The molecule has 120 valence electrons. The fourth-order valence-corrected chi connectivity index (χ4v) is 3.34. The molecule has 2 rings (SSSR count). The highest BCUT2D eigenvalue weighted by Gasteiger charge is 2.25. The summed E-state index contributed by atoms with van der Waals surface area (Å²) in [5.41, 5.74) is 2.42. The lowest BCUT2D eigenvalue weighted by Gasteiger charge is -2.12. The van der Waals surface area contributed by atoms with Gasteiger partial charge in [0.2, 0.25) is 5.91 Å². The summed E-state index contributed by atoms with van der Waals surface area (Å²) in [6.07, 6.45) is 0.624. The second-order valence-corrected chi connectivity index (χ2v) is 6.49. The minimum atomic E-state index is -0.337. The fraction of sp³-hybridized carbons (Fsp3) is 0.375. The second kappa shape index (κ2) is 7.29. The topological polar surface area (TPSA) is 93.1 Å². The number of aryl methyl sites for hydroxylation is 3. The number of thioether (sulfide) groups is 1. The van der Waals surface area contributed by atoms with Crippen LogP contribution in [0.5, 0.6) is 0 Å². The van der Waals surface area contributed by atoms with Gasteiger partial charge in [0.1, 0.15) is 17.4 Å². The van der Waals surface area contributed by atoms with E-state index in [9.17, 15) is 10.1 Å². The second-order valence-electron chi connectivity index (χ2n) is 5.28. The average molecular weight is 331 g/mol. The Morgan fingerprint density at radius 3 is 2.78 bits per heavy atom. The predicted molar refractivity (Wildman–Crippen MR) is 87.0 cm³/mol. The van der Waals surface area contributed by atoms with Gasteiger partial charge in [-0.2, -0.15) is 5.26 Å². The van der Waals surface area contributed by atoms with Crippen molar-refractivity contribution in [2.24, 2.45) is 0 Å². The molecule has 6 nitrogen and oxygen atoms in total. The van der Waals surface area contributed by atoms with E-state index in [0.717, 1.165) is 11.3 Å². The molecule has 0 saturated heterocycles. The van der Waals surface area contributed by atoms with E-state index >= 15 is 0 Å². The Bertz CT molecular complexity index is 764. The largest absolute Gasteiger partial charge is 0.360 e. The van der Waals surface area contributed by atoms with Gasteiger partial charge in [-0.1, -0.05) is 12.1 Å². The fourth-order valence-electron chi connectivity index (χ4n) is 2.18. The molecule has 0 aliphatic carbocycles. The standard InChI is InChI=1S/C16H18N4O2S/c1-5-13(15(21)19-14-7-11(4)22-20-14)23-16-12(8-17)9(2)6-10(3)18-16/h6-7,13H,5H2,1-4H3,(H,19,20,21)/p+1. The normalized spacial score (nSPS) is 11.8. The zero-order valence-electron chi connectivity index (χ0n) is 13.6. The number of aromatic amines is 1. The van der Waals surface area contributed by atoms with E-state index in [4.69, 9.17) is 4.52 Å².